The molecule has 1 rings (SSSR count). The van der Waals surface area contributed by atoms with Crippen LogP contribution >= 0.6 is 0 Å². The SMILES string of the molecule is N#C[C@]1(C(=O)O)C[C@@H]1C(F)F. The number of nitrogens with zero attached hydrogens (tertiary/aromatic N) is 1. The lowest BCUT2D eigenvalue weighted by Crippen LogP contribution is -2.17. The highest BCUT2D eigenvalue weighted by Gasteiger charge is 2.65. The Balaban J connectivity index is 2.74. The summed E-state index contributed by atoms with van der Waals surface area (Å²) in [5, 5.41) is 16.6. The minimum absolute atomic E-state index is 0.226. The first-order valence-corrected chi connectivity index (χ1v) is 2.97. The summed E-state index contributed by atoms with van der Waals surface area (Å²) < 4.78 is 23.7. The van der Waals surface area contributed by atoms with Gasteiger partial charge in [0, 0.05) is 0 Å². The molecule has 5 heteroatoms. The van der Waals surface area contributed by atoms with Crippen LogP contribution in [0.2, 0.25) is 0 Å². The maximum atomic E-state index is 11.8. The molecule has 1 aliphatic carbocycles. The number of halogens is 2. The molecule has 0 aromatic rings. The van der Waals surface area contributed by atoms with Gasteiger partial charge in [-0.15, -0.1) is 0 Å². The van der Waals surface area contributed by atoms with Gasteiger partial charge in [0.1, 0.15) is 0 Å². The number of carbonyl (C=O) groups is 1. The standard InChI is InChI=1S/C6H5F2NO2/c7-4(8)3-1-6(3,2-9)5(10)11/h3-4H,1H2,(H,10,11)/t3-,6-/m1/s1. The molecule has 1 N–H and O–H groups in total. The molecule has 60 valence electrons. The molecule has 1 saturated carbocycles. The molecular formula is C6H5F2NO2. The second-order valence-corrected chi connectivity index (χ2v) is 2.53. The number of nitriles is 1. The van der Waals surface area contributed by atoms with Crippen LogP contribution in [0, 0.1) is 22.7 Å². The lowest BCUT2D eigenvalue weighted by molar-refractivity contribution is -0.142. The van der Waals surface area contributed by atoms with E-state index in [1.165, 1.54) is 6.07 Å². The summed E-state index contributed by atoms with van der Waals surface area (Å²) in [5.41, 5.74) is -1.80. The summed E-state index contributed by atoms with van der Waals surface area (Å²) in [4.78, 5) is 10.3. The van der Waals surface area contributed by atoms with Gasteiger partial charge in [0.15, 0.2) is 5.41 Å². The quantitative estimate of drug-likeness (QED) is 0.653. The summed E-state index contributed by atoms with van der Waals surface area (Å²) in [6, 6.07) is 1.40. The number of alkyl halides is 2. The van der Waals surface area contributed by atoms with Gasteiger partial charge in [-0.05, 0) is 6.42 Å². The number of aliphatic carboxylic acids is 1. The molecule has 1 aliphatic rings. The van der Waals surface area contributed by atoms with Crippen LogP contribution in [0.15, 0.2) is 0 Å². The molecule has 3 nitrogen and oxygen atoms in total. The van der Waals surface area contributed by atoms with Crippen LogP contribution in [0.5, 0.6) is 0 Å². The normalized spacial score (nSPS) is 34.9. The van der Waals surface area contributed by atoms with Crippen molar-refractivity contribution >= 4 is 5.97 Å². The van der Waals surface area contributed by atoms with Gasteiger partial charge < -0.3 is 5.11 Å². The van der Waals surface area contributed by atoms with Gasteiger partial charge >= 0.3 is 5.97 Å². The number of carboxylic acid groups (broad SMARTS) is 1. The Morgan fingerprint density at radius 3 is 2.45 bits per heavy atom. The van der Waals surface area contributed by atoms with E-state index in [0.29, 0.717) is 0 Å². The number of hydrogen-bond acceptors (Lipinski definition) is 2. The van der Waals surface area contributed by atoms with E-state index in [2.05, 4.69) is 0 Å². The molecule has 0 bridgehead atoms. The van der Waals surface area contributed by atoms with E-state index in [9.17, 15) is 13.6 Å². The second kappa shape index (κ2) is 2.16. The molecule has 2 atom stereocenters. The van der Waals surface area contributed by atoms with Gasteiger partial charge in [0.25, 0.3) is 0 Å². The van der Waals surface area contributed by atoms with Crippen molar-refractivity contribution < 1.29 is 18.7 Å². The molecule has 0 aliphatic heterocycles. The molecule has 0 saturated heterocycles. The van der Waals surface area contributed by atoms with E-state index < -0.39 is 23.7 Å². The summed E-state index contributed by atoms with van der Waals surface area (Å²) in [7, 11) is 0. The topological polar surface area (TPSA) is 61.1 Å². The number of carboxylic acids is 1. The Labute approximate surface area is 61.2 Å². The molecular weight excluding hydrogens is 156 g/mol. The van der Waals surface area contributed by atoms with E-state index in [1.54, 1.807) is 0 Å². The fraction of sp³-hybridized carbons (Fsp3) is 0.667. The predicted molar refractivity (Wildman–Crippen MR) is 29.8 cm³/mol. The molecule has 0 aromatic carbocycles. The monoisotopic (exact) mass is 161 g/mol. The molecule has 0 radical (unpaired) electrons. The van der Waals surface area contributed by atoms with Crippen LogP contribution in [0.3, 0.4) is 0 Å². The predicted octanol–water partition coefficient (Wildman–Crippen LogP) is 0.866. The summed E-state index contributed by atoms with van der Waals surface area (Å²) in [6.45, 7) is 0. The first-order chi connectivity index (χ1) is 5.04. The van der Waals surface area contributed by atoms with Crippen LogP contribution in [0.25, 0.3) is 0 Å². The van der Waals surface area contributed by atoms with Gasteiger partial charge in [-0.2, -0.15) is 5.26 Å². The largest absolute Gasteiger partial charge is 0.480 e. The Morgan fingerprint density at radius 2 is 2.36 bits per heavy atom. The van der Waals surface area contributed by atoms with Crippen molar-refractivity contribution in [2.24, 2.45) is 11.3 Å². The summed E-state index contributed by atoms with van der Waals surface area (Å²) >= 11 is 0. The number of hydrogen-bond donors (Lipinski definition) is 1. The maximum absolute atomic E-state index is 11.8. The van der Waals surface area contributed by atoms with Gasteiger partial charge in [-0.1, -0.05) is 0 Å². The highest BCUT2D eigenvalue weighted by Crippen LogP contribution is 2.55. The zero-order valence-electron chi connectivity index (χ0n) is 5.42. The van der Waals surface area contributed by atoms with E-state index in [-0.39, 0.29) is 6.42 Å². The van der Waals surface area contributed by atoms with Crippen LogP contribution in [0.4, 0.5) is 8.78 Å². The van der Waals surface area contributed by atoms with Crippen LogP contribution < -0.4 is 0 Å². The van der Waals surface area contributed by atoms with Gasteiger partial charge in [-0.25, -0.2) is 8.78 Å². The Morgan fingerprint density at radius 1 is 1.82 bits per heavy atom. The lowest BCUT2D eigenvalue weighted by atomic mass is 10.1. The molecule has 1 fully saturated rings. The third kappa shape index (κ3) is 0.946. The van der Waals surface area contributed by atoms with Crippen molar-refractivity contribution in [3.05, 3.63) is 0 Å². The molecule has 0 unspecified atom stereocenters. The molecule has 11 heavy (non-hydrogen) atoms. The fourth-order valence-electron chi connectivity index (χ4n) is 1.01. The summed E-state index contributed by atoms with van der Waals surface area (Å²) in [5.74, 6) is -2.71. The molecule has 0 aromatic heterocycles. The zero-order chi connectivity index (χ0) is 8.65. The summed E-state index contributed by atoms with van der Waals surface area (Å²) in [6.07, 6.45) is -2.93. The van der Waals surface area contributed by atoms with E-state index in [0.717, 1.165) is 0 Å². The second-order valence-electron chi connectivity index (χ2n) is 2.53. The fourth-order valence-corrected chi connectivity index (χ4v) is 1.01. The zero-order valence-corrected chi connectivity index (χ0v) is 5.42. The van der Waals surface area contributed by atoms with Crippen LogP contribution in [-0.2, 0) is 4.79 Å². The Hall–Kier alpha value is -1.18. The third-order valence-corrected chi connectivity index (χ3v) is 1.90. The highest BCUT2D eigenvalue weighted by atomic mass is 19.3. The van der Waals surface area contributed by atoms with Crippen molar-refractivity contribution in [2.45, 2.75) is 12.8 Å². The molecule has 0 amide bonds. The smallest absolute Gasteiger partial charge is 0.324 e. The van der Waals surface area contributed by atoms with Crippen molar-refractivity contribution in [3.63, 3.8) is 0 Å². The minimum atomic E-state index is -2.70. The highest BCUT2D eigenvalue weighted by molar-refractivity contribution is 5.82. The Bertz CT molecular complexity index is 235. The van der Waals surface area contributed by atoms with E-state index in [4.69, 9.17) is 10.4 Å². The minimum Gasteiger partial charge on any atom is -0.480 e. The van der Waals surface area contributed by atoms with Crippen LogP contribution in [-0.4, -0.2) is 17.5 Å². The maximum Gasteiger partial charge on any atom is 0.324 e. The average molecular weight is 161 g/mol. The van der Waals surface area contributed by atoms with Crippen molar-refractivity contribution in [1.82, 2.24) is 0 Å². The van der Waals surface area contributed by atoms with E-state index >= 15 is 0 Å². The van der Waals surface area contributed by atoms with Gasteiger partial charge in [0.05, 0.1) is 12.0 Å². The molecule has 0 heterocycles. The molecule has 0 spiro atoms. The van der Waals surface area contributed by atoms with Gasteiger partial charge in [-0.3, -0.25) is 4.79 Å². The van der Waals surface area contributed by atoms with Gasteiger partial charge in [0.2, 0.25) is 6.43 Å². The van der Waals surface area contributed by atoms with Crippen LogP contribution in [0.1, 0.15) is 6.42 Å². The average Bonchev–Trinajstić information content (AvgIpc) is 2.62. The van der Waals surface area contributed by atoms with Crippen molar-refractivity contribution in [3.8, 4) is 6.07 Å². The van der Waals surface area contributed by atoms with E-state index in [1.807, 2.05) is 0 Å². The number of rotatable bonds is 2. The third-order valence-electron chi connectivity index (χ3n) is 1.90. The Kier molecular flexibility index (Phi) is 1.55. The first kappa shape index (κ1) is 7.92. The lowest BCUT2D eigenvalue weighted by Gasteiger charge is -1.99. The first-order valence-electron chi connectivity index (χ1n) is 2.97. The van der Waals surface area contributed by atoms with Crippen molar-refractivity contribution in [1.29, 1.82) is 5.26 Å². The van der Waals surface area contributed by atoms with Crippen molar-refractivity contribution in [2.75, 3.05) is 0 Å².